The Labute approximate surface area is 145 Å². The zero-order chi connectivity index (χ0) is 17.5. The van der Waals surface area contributed by atoms with E-state index in [-0.39, 0.29) is 24.1 Å². The Bertz CT molecular complexity index is 739. The highest BCUT2D eigenvalue weighted by Crippen LogP contribution is 2.16. The van der Waals surface area contributed by atoms with Gasteiger partial charge in [-0.15, -0.1) is 0 Å². The topological polar surface area (TPSA) is 80.3 Å². The van der Waals surface area contributed by atoms with Crippen molar-refractivity contribution in [1.82, 2.24) is 15.6 Å². The summed E-state index contributed by atoms with van der Waals surface area (Å²) in [4.78, 5) is 25.2. The largest absolute Gasteiger partial charge is 0.447 e. The first-order chi connectivity index (χ1) is 12.2. The molecule has 2 atom stereocenters. The second-order valence-electron chi connectivity index (χ2n) is 5.73. The van der Waals surface area contributed by atoms with Crippen LogP contribution in [0.4, 0.5) is 4.79 Å². The zero-order valence-corrected chi connectivity index (χ0v) is 13.6. The standard InChI is InChI=1S/C10H10N2O.C9H9NO2/c13-10-6-9(12-10)4-3-8-2-1-5-11-7-8;11-9-10-8(6-12-9)7-4-2-1-3-5-7/h1-5,7,9H,6H2,(H,12,13);1-5,8H,6H2,(H,10,11)/b4-3+;/t9-;8-/m11/s1. The van der Waals surface area contributed by atoms with Crippen molar-refractivity contribution in [3.63, 3.8) is 0 Å². The molecular weight excluding hydrogens is 318 g/mol. The Hall–Kier alpha value is -3.15. The third-order valence-electron chi connectivity index (χ3n) is 3.83. The van der Waals surface area contributed by atoms with E-state index in [1.54, 1.807) is 12.4 Å². The number of β-lactam (4-membered cyclic amide) rings is 1. The minimum Gasteiger partial charge on any atom is -0.447 e. The van der Waals surface area contributed by atoms with Crippen LogP contribution in [0, 0.1) is 0 Å². The summed E-state index contributed by atoms with van der Waals surface area (Å²) >= 11 is 0. The van der Waals surface area contributed by atoms with Gasteiger partial charge >= 0.3 is 6.09 Å². The number of cyclic esters (lactones) is 1. The van der Waals surface area contributed by atoms with Crippen LogP contribution in [0.3, 0.4) is 0 Å². The maximum atomic E-state index is 10.7. The van der Waals surface area contributed by atoms with Gasteiger partial charge in [-0.05, 0) is 17.2 Å². The molecule has 1 aromatic heterocycles. The molecule has 0 unspecified atom stereocenters. The molecule has 2 N–H and O–H groups in total. The van der Waals surface area contributed by atoms with Crippen LogP contribution in [0.25, 0.3) is 6.08 Å². The van der Waals surface area contributed by atoms with Crippen molar-refractivity contribution < 1.29 is 14.3 Å². The van der Waals surface area contributed by atoms with Crippen LogP contribution in [0.2, 0.25) is 0 Å². The molecule has 6 nitrogen and oxygen atoms in total. The van der Waals surface area contributed by atoms with E-state index in [1.807, 2.05) is 54.6 Å². The lowest BCUT2D eigenvalue weighted by molar-refractivity contribution is -0.127. The number of nitrogens with one attached hydrogen (secondary N) is 2. The highest BCUT2D eigenvalue weighted by Gasteiger charge is 2.23. The van der Waals surface area contributed by atoms with Crippen LogP contribution in [0.5, 0.6) is 0 Å². The number of rotatable bonds is 3. The Morgan fingerprint density at radius 1 is 1.08 bits per heavy atom. The highest BCUT2D eigenvalue weighted by atomic mass is 16.6. The van der Waals surface area contributed by atoms with E-state index in [0.29, 0.717) is 13.0 Å². The quantitative estimate of drug-likeness (QED) is 0.843. The molecule has 4 rings (SSSR count). The first-order valence-electron chi connectivity index (χ1n) is 8.06. The number of hydrogen-bond acceptors (Lipinski definition) is 4. The summed E-state index contributed by atoms with van der Waals surface area (Å²) in [5.41, 5.74) is 2.15. The Balaban J connectivity index is 0.000000146. The third-order valence-corrected chi connectivity index (χ3v) is 3.83. The summed E-state index contributed by atoms with van der Waals surface area (Å²) in [5.74, 6) is 0.126. The molecule has 2 amide bonds. The fourth-order valence-electron chi connectivity index (χ4n) is 2.45. The average molecular weight is 337 g/mol. The van der Waals surface area contributed by atoms with E-state index in [4.69, 9.17) is 4.74 Å². The Kier molecular flexibility index (Phi) is 5.41. The maximum Gasteiger partial charge on any atom is 0.407 e. The highest BCUT2D eigenvalue weighted by molar-refractivity contribution is 5.84. The van der Waals surface area contributed by atoms with E-state index in [0.717, 1.165) is 11.1 Å². The number of alkyl carbamates (subject to hydrolysis) is 1. The molecule has 6 heteroatoms. The van der Waals surface area contributed by atoms with Crippen molar-refractivity contribution in [2.24, 2.45) is 0 Å². The summed E-state index contributed by atoms with van der Waals surface area (Å²) in [6.45, 7) is 0.433. The second kappa shape index (κ2) is 8.10. The molecule has 0 aliphatic carbocycles. The lowest BCUT2D eigenvalue weighted by Crippen LogP contribution is -2.46. The van der Waals surface area contributed by atoms with Gasteiger partial charge in [0.25, 0.3) is 0 Å². The molecule has 0 spiro atoms. The number of amides is 2. The van der Waals surface area contributed by atoms with Crippen molar-refractivity contribution in [2.75, 3.05) is 6.61 Å². The first-order valence-corrected chi connectivity index (χ1v) is 8.06. The number of hydrogen-bond donors (Lipinski definition) is 2. The molecule has 0 bridgehead atoms. The Morgan fingerprint density at radius 2 is 1.88 bits per heavy atom. The second-order valence-corrected chi connectivity index (χ2v) is 5.73. The van der Waals surface area contributed by atoms with Gasteiger partial charge < -0.3 is 15.4 Å². The van der Waals surface area contributed by atoms with Crippen LogP contribution in [-0.2, 0) is 9.53 Å². The zero-order valence-electron chi connectivity index (χ0n) is 13.6. The lowest BCUT2D eigenvalue weighted by atomic mass is 10.1. The smallest absolute Gasteiger partial charge is 0.407 e. The number of aromatic nitrogens is 1. The molecule has 0 saturated carbocycles. The maximum absolute atomic E-state index is 10.7. The number of benzene rings is 1. The number of carbonyl (C=O) groups excluding carboxylic acids is 2. The van der Waals surface area contributed by atoms with Crippen molar-refractivity contribution in [3.8, 4) is 0 Å². The lowest BCUT2D eigenvalue weighted by Gasteiger charge is -2.23. The molecule has 2 aromatic rings. The molecule has 128 valence electrons. The van der Waals surface area contributed by atoms with Gasteiger partial charge in [0.05, 0.1) is 18.5 Å². The summed E-state index contributed by atoms with van der Waals surface area (Å²) in [6, 6.07) is 13.9. The van der Waals surface area contributed by atoms with Gasteiger partial charge in [-0.1, -0.05) is 48.6 Å². The van der Waals surface area contributed by atoms with Gasteiger partial charge in [0.2, 0.25) is 5.91 Å². The van der Waals surface area contributed by atoms with E-state index in [1.165, 1.54) is 0 Å². The fraction of sp³-hybridized carbons (Fsp3) is 0.211. The van der Waals surface area contributed by atoms with Crippen LogP contribution in [0.1, 0.15) is 23.6 Å². The summed E-state index contributed by atoms with van der Waals surface area (Å²) in [7, 11) is 0. The monoisotopic (exact) mass is 337 g/mol. The van der Waals surface area contributed by atoms with Crippen LogP contribution < -0.4 is 10.6 Å². The molecule has 1 aromatic carbocycles. The van der Waals surface area contributed by atoms with Crippen molar-refractivity contribution in [2.45, 2.75) is 18.5 Å². The van der Waals surface area contributed by atoms with E-state index < -0.39 is 0 Å². The van der Waals surface area contributed by atoms with Crippen molar-refractivity contribution in [3.05, 3.63) is 72.1 Å². The predicted molar refractivity (Wildman–Crippen MR) is 93.5 cm³/mol. The van der Waals surface area contributed by atoms with Gasteiger partial charge in [-0.25, -0.2) is 4.79 Å². The predicted octanol–water partition coefficient (Wildman–Crippen LogP) is 2.45. The van der Waals surface area contributed by atoms with Crippen molar-refractivity contribution >= 4 is 18.1 Å². The van der Waals surface area contributed by atoms with Crippen LogP contribution in [0.15, 0.2) is 60.9 Å². The van der Waals surface area contributed by atoms with Crippen molar-refractivity contribution in [1.29, 1.82) is 0 Å². The first kappa shape index (κ1) is 16.7. The number of nitrogens with zero attached hydrogens (tertiary/aromatic N) is 1. The fourth-order valence-corrected chi connectivity index (χ4v) is 2.45. The summed E-state index contributed by atoms with van der Waals surface area (Å²) in [5, 5.41) is 5.48. The minimum absolute atomic E-state index is 0.0266. The minimum atomic E-state index is -0.330. The van der Waals surface area contributed by atoms with Gasteiger partial charge in [-0.3, -0.25) is 9.78 Å². The summed E-state index contributed by atoms with van der Waals surface area (Å²) < 4.78 is 4.77. The van der Waals surface area contributed by atoms with Gasteiger partial charge in [0, 0.05) is 12.4 Å². The molecule has 25 heavy (non-hydrogen) atoms. The van der Waals surface area contributed by atoms with E-state index >= 15 is 0 Å². The molecule has 2 saturated heterocycles. The molecule has 2 fully saturated rings. The SMILES string of the molecule is O=C1C[C@@H](/C=C/c2cccnc2)N1.O=C1N[C@@H](c2ccccc2)CO1. The van der Waals surface area contributed by atoms with E-state index in [2.05, 4.69) is 15.6 Å². The molecule has 3 heterocycles. The molecule has 2 aliphatic heterocycles. The molecule has 0 radical (unpaired) electrons. The number of ether oxygens (including phenoxy) is 1. The average Bonchev–Trinajstić information content (AvgIpc) is 3.06. The number of carbonyl (C=O) groups is 2. The number of pyridine rings is 1. The normalized spacial score (nSPS) is 21.4. The summed E-state index contributed by atoms with van der Waals surface area (Å²) in [6.07, 6.45) is 7.76. The van der Waals surface area contributed by atoms with E-state index in [9.17, 15) is 9.59 Å². The third kappa shape index (κ3) is 4.91. The molecular formula is C19H19N3O3. The molecule has 2 aliphatic rings. The van der Waals surface area contributed by atoms with Crippen LogP contribution >= 0.6 is 0 Å². The van der Waals surface area contributed by atoms with Gasteiger partial charge in [0.1, 0.15) is 6.61 Å². The van der Waals surface area contributed by atoms with Gasteiger partial charge in [0.15, 0.2) is 0 Å². The van der Waals surface area contributed by atoms with Crippen LogP contribution in [-0.4, -0.2) is 29.6 Å². The Morgan fingerprint density at radius 3 is 2.48 bits per heavy atom. The van der Waals surface area contributed by atoms with Gasteiger partial charge in [-0.2, -0.15) is 0 Å².